The van der Waals surface area contributed by atoms with E-state index < -0.39 is 23.7 Å². The lowest BCUT2D eigenvalue weighted by Gasteiger charge is -2.39. The van der Waals surface area contributed by atoms with E-state index in [2.05, 4.69) is 0 Å². The molecule has 0 aromatic heterocycles. The molecule has 0 unspecified atom stereocenters. The molecule has 2 amide bonds. The van der Waals surface area contributed by atoms with Crippen LogP contribution in [0.2, 0.25) is 0 Å². The molecular weight excluding hydrogens is 357 g/mol. The van der Waals surface area contributed by atoms with Crippen molar-refractivity contribution in [3.63, 3.8) is 0 Å². The highest BCUT2D eigenvalue weighted by molar-refractivity contribution is 6.03. The molecule has 0 saturated carbocycles. The van der Waals surface area contributed by atoms with Gasteiger partial charge >= 0.3 is 6.18 Å². The van der Waals surface area contributed by atoms with Crippen LogP contribution in [0.1, 0.15) is 28.4 Å². The van der Waals surface area contributed by atoms with Gasteiger partial charge in [-0.2, -0.15) is 13.2 Å². The summed E-state index contributed by atoms with van der Waals surface area (Å²) in [4.78, 5) is 28.5. The minimum absolute atomic E-state index is 0.131. The van der Waals surface area contributed by atoms with Crippen molar-refractivity contribution in [2.45, 2.75) is 26.1 Å². The van der Waals surface area contributed by atoms with Crippen LogP contribution in [0.3, 0.4) is 0 Å². The summed E-state index contributed by atoms with van der Waals surface area (Å²) in [5.41, 5.74) is 1.08. The molecule has 1 aliphatic heterocycles. The number of carbonyl (C=O) groups excluding carboxylic acids is 2. The van der Waals surface area contributed by atoms with Crippen molar-refractivity contribution >= 4 is 17.5 Å². The molecule has 1 atom stereocenters. The van der Waals surface area contributed by atoms with Crippen molar-refractivity contribution in [2.75, 3.05) is 18.0 Å². The summed E-state index contributed by atoms with van der Waals surface area (Å²) in [6, 6.07) is 10.9. The molecule has 2 aromatic carbocycles. The Kier molecular flexibility index (Phi) is 4.95. The van der Waals surface area contributed by atoms with E-state index in [0.29, 0.717) is 13.1 Å². The summed E-state index contributed by atoms with van der Waals surface area (Å²) in [7, 11) is 0. The van der Waals surface area contributed by atoms with Crippen LogP contribution >= 0.6 is 0 Å². The topological polar surface area (TPSA) is 40.6 Å². The minimum Gasteiger partial charge on any atom is -0.325 e. The molecule has 27 heavy (non-hydrogen) atoms. The summed E-state index contributed by atoms with van der Waals surface area (Å²) >= 11 is 0. The molecule has 3 rings (SSSR count). The molecule has 1 saturated heterocycles. The number of piperazine rings is 1. The van der Waals surface area contributed by atoms with E-state index >= 15 is 0 Å². The van der Waals surface area contributed by atoms with E-state index in [9.17, 15) is 22.8 Å². The summed E-state index contributed by atoms with van der Waals surface area (Å²) < 4.78 is 38.0. The molecule has 0 radical (unpaired) electrons. The SMILES string of the molecule is Cc1ccccc1N1CCN(C(=O)c2ccc(C(F)(F)F)cc2)[C@H](C)C1=O. The third-order valence-electron chi connectivity index (χ3n) is 4.78. The largest absolute Gasteiger partial charge is 0.416 e. The third kappa shape index (κ3) is 3.67. The smallest absolute Gasteiger partial charge is 0.325 e. The normalized spacial score (nSPS) is 18.0. The molecule has 2 aromatic rings. The lowest BCUT2D eigenvalue weighted by molar-refractivity contribution is -0.137. The van der Waals surface area contributed by atoms with E-state index in [-0.39, 0.29) is 11.5 Å². The summed E-state index contributed by atoms with van der Waals surface area (Å²) in [6.45, 7) is 4.18. The third-order valence-corrected chi connectivity index (χ3v) is 4.78. The fourth-order valence-electron chi connectivity index (χ4n) is 3.22. The van der Waals surface area contributed by atoms with Gasteiger partial charge in [-0.3, -0.25) is 9.59 Å². The molecule has 7 heteroatoms. The van der Waals surface area contributed by atoms with Crippen LogP contribution in [0, 0.1) is 6.92 Å². The van der Waals surface area contributed by atoms with Crippen LogP contribution in [0.15, 0.2) is 48.5 Å². The second kappa shape index (κ2) is 7.06. The maximum absolute atomic E-state index is 12.8. The first-order chi connectivity index (χ1) is 12.7. The number of aryl methyl sites for hydroxylation is 1. The number of nitrogens with zero attached hydrogens (tertiary/aromatic N) is 2. The standard InChI is InChI=1S/C20H19F3N2O2/c1-13-5-3-4-6-17(13)25-12-11-24(14(2)18(25)26)19(27)15-7-9-16(10-8-15)20(21,22)23/h3-10,14H,11-12H2,1-2H3/t14-/m1/s1. The average Bonchev–Trinajstić information content (AvgIpc) is 2.63. The lowest BCUT2D eigenvalue weighted by atomic mass is 10.1. The van der Waals surface area contributed by atoms with Gasteiger partial charge in [0.25, 0.3) is 5.91 Å². The van der Waals surface area contributed by atoms with Gasteiger partial charge in [-0.15, -0.1) is 0 Å². The van der Waals surface area contributed by atoms with Gasteiger partial charge in [0.1, 0.15) is 6.04 Å². The second-order valence-electron chi connectivity index (χ2n) is 6.53. The van der Waals surface area contributed by atoms with Gasteiger partial charge in [0.05, 0.1) is 5.56 Å². The van der Waals surface area contributed by atoms with E-state index in [1.165, 1.54) is 4.90 Å². The number of anilines is 1. The van der Waals surface area contributed by atoms with Crippen LogP contribution in [0.25, 0.3) is 0 Å². The van der Waals surface area contributed by atoms with Crippen molar-refractivity contribution in [3.8, 4) is 0 Å². The van der Waals surface area contributed by atoms with Crippen molar-refractivity contribution in [1.29, 1.82) is 0 Å². The van der Waals surface area contributed by atoms with Crippen molar-refractivity contribution in [2.24, 2.45) is 0 Å². The van der Waals surface area contributed by atoms with Gasteiger partial charge in [-0.25, -0.2) is 0 Å². The van der Waals surface area contributed by atoms with Gasteiger partial charge < -0.3 is 9.80 Å². The maximum Gasteiger partial charge on any atom is 0.416 e. The molecule has 4 nitrogen and oxygen atoms in total. The molecule has 1 heterocycles. The van der Waals surface area contributed by atoms with E-state index in [1.807, 2.05) is 31.2 Å². The molecule has 1 fully saturated rings. The molecule has 0 aliphatic carbocycles. The zero-order chi connectivity index (χ0) is 19.8. The van der Waals surface area contributed by atoms with Crippen LogP contribution in [0.4, 0.5) is 18.9 Å². The van der Waals surface area contributed by atoms with Crippen molar-refractivity contribution in [1.82, 2.24) is 4.90 Å². The Morgan fingerprint density at radius 1 is 1.04 bits per heavy atom. The number of carbonyl (C=O) groups is 2. The van der Waals surface area contributed by atoms with E-state index in [1.54, 1.807) is 11.8 Å². The molecular formula is C20H19F3N2O2. The number of hydrogen-bond acceptors (Lipinski definition) is 2. The average molecular weight is 376 g/mol. The quantitative estimate of drug-likeness (QED) is 0.798. The van der Waals surface area contributed by atoms with Gasteiger partial charge in [0, 0.05) is 24.3 Å². The number of amides is 2. The predicted octanol–water partition coefficient (Wildman–Crippen LogP) is 3.89. The van der Waals surface area contributed by atoms with Gasteiger partial charge in [0.2, 0.25) is 5.91 Å². The number of halogens is 3. The Hall–Kier alpha value is -2.83. The highest BCUT2D eigenvalue weighted by Gasteiger charge is 2.36. The van der Waals surface area contributed by atoms with Gasteiger partial charge in [-0.1, -0.05) is 18.2 Å². The Morgan fingerprint density at radius 2 is 1.67 bits per heavy atom. The Bertz CT molecular complexity index is 862. The summed E-state index contributed by atoms with van der Waals surface area (Å²) in [6.07, 6.45) is -4.45. The molecule has 0 N–H and O–H groups in total. The van der Waals surface area contributed by atoms with Crippen molar-refractivity contribution in [3.05, 3.63) is 65.2 Å². The van der Waals surface area contributed by atoms with E-state index in [0.717, 1.165) is 35.5 Å². The zero-order valence-corrected chi connectivity index (χ0v) is 15.0. The molecule has 142 valence electrons. The first-order valence-corrected chi connectivity index (χ1v) is 8.55. The van der Waals surface area contributed by atoms with Crippen LogP contribution in [-0.4, -0.2) is 35.8 Å². The highest BCUT2D eigenvalue weighted by atomic mass is 19.4. The van der Waals surface area contributed by atoms with Crippen LogP contribution in [0.5, 0.6) is 0 Å². The first kappa shape index (κ1) is 18.9. The van der Waals surface area contributed by atoms with E-state index in [4.69, 9.17) is 0 Å². The van der Waals surface area contributed by atoms with Gasteiger partial charge in [0.15, 0.2) is 0 Å². The number of rotatable bonds is 2. The monoisotopic (exact) mass is 376 g/mol. The number of benzene rings is 2. The highest BCUT2D eigenvalue weighted by Crippen LogP contribution is 2.30. The number of alkyl halides is 3. The fraction of sp³-hybridized carbons (Fsp3) is 0.300. The number of hydrogen-bond donors (Lipinski definition) is 0. The first-order valence-electron chi connectivity index (χ1n) is 8.55. The molecule has 0 bridgehead atoms. The Morgan fingerprint density at radius 3 is 2.26 bits per heavy atom. The fourth-order valence-corrected chi connectivity index (χ4v) is 3.22. The van der Waals surface area contributed by atoms with Crippen molar-refractivity contribution < 1.29 is 22.8 Å². The van der Waals surface area contributed by atoms with Crippen LogP contribution < -0.4 is 4.90 Å². The second-order valence-corrected chi connectivity index (χ2v) is 6.53. The Balaban J connectivity index is 1.78. The summed E-state index contributed by atoms with van der Waals surface area (Å²) in [5.74, 6) is -0.662. The molecule has 1 aliphatic rings. The number of para-hydroxylation sites is 1. The van der Waals surface area contributed by atoms with Crippen LogP contribution in [-0.2, 0) is 11.0 Å². The lowest BCUT2D eigenvalue weighted by Crippen LogP contribution is -2.57. The zero-order valence-electron chi connectivity index (χ0n) is 15.0. The Labute approximate surface area is 155 Å². The minimum atomic E-state index is -4.45. The maximum atomic E-state index is 12.8. The molecule has 0 spiro atoms. The predicted molar refractivity (Wildman–Crippen MR) is 95.5 cm³/mol. The summed E-state index contributed by atoms with van der Waals surface area (Å²) in [5, 5.41) is 0. The van der Waals surface area contributed by atoms with Gasteiger partial charge in [-0.05, 0) is 49.7 Å².